The number of hydrogen-bond donors (Lipinski definition) is 1. The van der Waals surface area contributed by atoms with Gasteiger partial charge in [0.15, 0.2) is 0 Å². The normalized spacial score (nSPS) is 23.5. The second-order valence-corrected chi connectivity index (χ2v) is 3.95. The van der Waals surface area contributed by atoms with Crippen molar-refractivity contribution in [3.8, 4) is 0 Å². The summed E-state index contributed by atoms with van der Waals surface area (Å²) in [5, 5.41) is 0. The third-order valence-electron chi connectivity index (χ3n) is 3.07. The number of nitrogens with zero attached hydrogens (tertiary/aromatic N) is 1. The van der Waals surface area contributed by atoms with Crippen LogP contribution in [0, 0.1) is 0 Å². The first-order valence-electron chi connectivity index (χ1n) is 5.36. The standard InChI is InChI=1S/C11H18N2O2/c1-13(9-4-6-14-8-9)10(7-12)11-3-2-5-15-11/h2-3,5,9-10H,4,6-8,12H2,1H3. The van der Waals surface area contributed by atoms with Crippen molar-refractivity contribution >= 4 is 0 Å². The van der Waals surface area contributed by atoms with Crippen LogP contribution in [0.15, 0.2) is 22.8 Å². The lowest BCUT2D eigenvalue weighted by atomic mass is 10.1. The van der Waals surface area contributed by atoms with Crippen molar-refractivity contribution in [2.75, 3.05) is 26.8 Å². The average molecular weight is 210 g/mol. The Morgan fingerprint density at radius 1 is 1.67 bits per heavy atom. The summed E-state index contributed by atoms with van der Waals surface area (Å²) in [6, 6.07) is 4.50. The first-order valence-corrected chi connectivity index (χ1v) is 5.36. The van der Waals surface area contributed by atoms with Crippen LogP contribution in [0.3, 0.4) is 0 Å². The van der Waals surface area contributed by atoms with Crippen LogP contribution >= 0.6 is 0 Å². The molecule has 0 amide bonds. The Kier molecular flexibility index (Phi) is 3.41. The zero-order chi connectivity index (χ0) is 10.7. The Morgan fingerprint density at radius 2 is 2.53 bits per heavy atom. The van der Waals surface area contributed by atoms with Crippen molar-refractivity contribution in [1.82, 2.24) is 4.90 Å². The van der Waals surface area contributed by atoms with Crippen LogP contribution in [0.2, 0.25) is 0 Å². The van der Waals surface area contributed by atoms with E-state index in [0.717, 1.165) is 25.4 Å². The molecule has 0 radical (unpaired) electrons. The smallest absolute Gasteiger partial charge is 0.122 e. The fraction of sp³-hybridized carbons (Fsp3) is 0.636. The Bertz CT molecular complexity index is 281. The molecule has 0 aliphatic carbocycles. The molecule has 1 aliphatic heterocycles. The van der Waals surface area contributed by atoms with E-state index in [1.807, 2.05) is 12.1 Å². The minimum atomic E-state index is 0.159. The highest BCUT2D eigenvalue weighted by Gasteiger charge is 2.27. The maximum Gasteiger partial charge on any atom is 0.122 e. The number of hydrogen-bond acceptors (Lipinski definition) is 4. The van der Waals surface area contributed by atoms with Crippen LogP contribution < -0.4 is 5.73 Å². The molecule has 15 heavy (non-hydrogen) atoms. The predicted molar refractivity (Wildman–Crippen MR) is 57.5 cm³/mol. The summed E-state index contributed by atoms with van der Waals surface area (Å²) in [5.74, 6) is 0.937. The summed E-state index contributed by atoms with van der Waals surface area (Å²) >= 11 is 0. The van der Waals surface area contributed by atoms with Gasteiger partial charge >= 0.3 is 0 Å². The van der Waals surface area contributed by atoms with E-state index in [2.05, 4.69) is 11.9 Å². The van der Waals surface area contributed by atoms with E-state index in [4.69, 9.17) is 14.9 Å². The first-order chi connectivity index (χ1) is 7.33. The van der Waals surface area contributed by atoms with E-state index in [1.165, 1.54) is 0 Å². The molecule has 84 valence electrons. The maximum atomic E-state index is 5.79. The molecule has 1 saturated heterocycles. The van der Waals surface area contributed by atoms with E-state index in [0.29, 0.717) is 12.6 Å². The molecule has 2 atom stereocenters. The highest BCUT2D eigenvalue weighted by Crippen LogP contribution is 2.23. The van der Waals surface area contributed by atoms with Crippen molar-refractivity contribution in [2.45, 2.75) is 18.5 Å². The lowest BCUT2D eigenvalue weighted by Crippen LogP contribution is -2.38. The van der Waals surface area contributed by atoms with Gasteiger partial charge in [-0.05, 0) is 25.6 Å². The third kappa shape index (κ3) is 2.22. The zero-order valence-electron chi connectivity index (χ0n) is 9.06. The minimum absolute atomic E-state index is 0.159. The van der Waals surface area contributed by atoms with E-state index >= 15 is 0 Å². The van der Waals surface area contributed by atoms with Crippen molar-refractivity contribution in [1.29, 1.82) is 0 Å². The van der Waals surface area contributed by atoms with E-state index in [-0.39, 0.29) is 6.04 Å². The van der Waals surface area contributed by atoms with Gasteiger partial charge < -0.3 is 14.9 Å². The third-order valence-corrected chi connectivity index (χ3v) is 3.07. The van der Waals surface area contributed by atoms with Gasteiger partial charge in [-0.2, -0.15) is 0 Å². The average Bonchev–Trinajstić information content (AvgIpc) is 2.91. The van der Waals surface area contributed by atoms with E-state index in [1.54, 1.807) is 6.26 Å². The number of rotatable bonds is 4. The summed E-state index contributed by atoms with van der Waals surface area (Å²) in [6.45, 7) is 2.22. The van der Waals surface area contributed by atoms with Crippen LogP contribution in [0.5, 0.6) is 0 Å². The van der Waals surface area contributed by atoms with Crippen molar-refractivity contribution in [3.63, 3.8) is 0 Å². The van der Waals surface area contributed by atoms with Gasteiger partial charge in [0, 0.05) is 19.2 Å². The Hall–Kier alpha value is -0.840. The first kappa shape index (κ1) is 10.7. The second kappa shape index (κ2) is 4.79. The number of likely N-dealkylation sites (N-methyl/N-ethyl adjacent to an activating group) is 1. The quantitative estimate of drug-likeness (QED) is 0.805. The van der Waals surface area contributed by atoms with Gasteiger partial charge in [0.1, 0.15) is 5.76 Å². The molecule has 0 bridgehead atoms. The monoisotopic (exact) mass is 210 g/mol. The number of nitrogens with two attached hydrogens (primary N) is 1. The Labute approximate surface area is 90.0 Å². The molecular weight excluding hydrogens is 192 g/mol. The molecule has 1 fully saturated rings. The fourth-order valence-corrected chi connectivity index (χ4v) is 2.06. The molecule has 4 nitrogen and oxygen atoms in total. The molecular formula is C11H18N2O2. The van der Waals surface area contributed by atoms with Crippen molar-refractivity contribution in [2.24, 2.45) is 5.73 Å². The molecule has 2 heterocycles. The van der Waals surface area contributed by atoms with Crippen molar-refractivity contribution in [3.05, 3.63) is 24.2 Å². The van der Waals surface area contributed by atoms with Crippen LogP contribution in [-0.4, -0.2) is 37.7 Å². The molecule has 1 aliphatic rings. The maximum absolute atomic E-state index is 5.79. The molecule has 4 heteroatoms. The van der Waals surface area contributed by atoms with Gasteiger partial charge in [-0.25, -0.2) is 0 Å². The molecule has 1 aromatic heterocycles. The van der Waals surface area contributed by atoms with Crippen LogP contribution in [0.25, 0.3) is 0 Å². The van der Waals surface area contributed by atoms with Gasteiger partial charge in [0.2, 0.25) is 0 Å². The number of ether oxygens (including phenoxy) is 1. The second-order valence-electron chi connectivity index (χ2n) is 3.95. The minimum Gasteiger partial charge on any atom is -0.468 e. The van der Waals surface area contributed by atoms with Crippen LogP contribution in [0.4, 0.5) is 0 Å². The topological polar surface area (TPSA) is 51.6 Å². The van der Waals surface area contributed by atoms with Crippen LogP contribution in [-0.2, 0) is 4.74 Å². The van der Waals surface area contributed by atoms with Gasteiger partial charge in [-0.3, -0.25) is 4.90 Å². The largest absolute Gasteiger partial charge is 0.468 e. The molecule has 2 rings (SSSR count). The summed E-state index contributed by atoms with van der Waals surface area (Å²) in [5.41, 5.74) is 5.79. The SMILES string of the molecule is CN(C1CCOC1)C(CN)c1ccco1. The molecule has 1 aromatic rings. The molecule has 0 spiro atoms. The fourth-order valence-electron chi connectivity index (χ4n) is 2.06. The van der Waals surface area contributed by atoms with Gasteiger partial charge in [0.25, 0.3) is 0 Å². The van der Waals surface area contributed by atoms with Crippen LogP contribution in [0.1, 0.15) is 18.2 Å². The summed E-state index contributed by atoms with van der Waals surface area (Å²) < 4.78 is 10.8. The molecule has 2 unspecified atom stereocenters. The molecule has 0 saturated carbocycles. The summed E-state index contributed by atoms with van der Waals surface area (Å²) in [7, 11) is 2.08. The Balaban J connectivity index is 2.05. The lowest BCUT2D eigenvalue weighted by Gasteiger charge is -2.29. The summed E-state index contributed by atoms with van der Waals surface area (Å²) in [6.07, 6.45) is 2.77. The Morgan fingerprint density at radius 3 is 3.07 bits per heavy atom. The van der Waals surface area contributed by atoms with E-state index in [9.17, 15) is 0 Å². The number of furan rings is 1. The highest BCUT2D eigenvalue weighted by molar-refractivity contribution is 5.05. The lowest BCUT2D eigenvalue weighted by molar-refractivity contribution is 0.125. The van der Waals surface area contributed by atoms with E-state index < -0.39 is 0 Å². The highest BCUT2D eigenvalue weighted by atomic mass is 16.5. The van der Waals surface area contributed by atoms with Crippen molar-refractivity contribution < 1.29 is 9.15 Å². The van der Waals surface area contributed by atoms with Gasteiger partial charge in [0.05, 0.1) is 18.9 Å². The molecule has 2 N–H and O–H groups in total. The zero-order valence-corrected chi connectivity index (χ0v) is 9.06. The summed E-state index contributed by atoms with van der Waals surface area (Å²) in [4.78, 5) is 2.26. The van der Waals surface area contributed by atoms with Gasteiger partial charge in [-0.1, -0.05) is 0 Å². The predicted octanol–water partition coefficient (Wildman–Crippen LogP) is 1.00. The molecule has 0 aromatic carbocycles. The van der Waals surface area contributed by atoms with Gasteiger partial charge in [-0.15, -0.1) is 0 Å².